The van der Waals surface area contributed by atoms with Crippen LogP contribution < -0.4 is 34.9 Å². The fourth-order valence-corrected chi connectivity index (χ4v) is 12.0. The molecule has 9 rings (SSSR count). The second-order valence-electron chi connectivity index (χ2n) is 25.9. The van der Waals surface area contributed by atoms with Gasteiger partial charge in [0.25, 0.3) is 11.8 Å². The van der Waals surface area contributed by atoms with Gasteiger partial charge in [0, 0.05) is 106 Å². The van der Waals surface area contributed by atoms with Crippen molar-refractivity contribution in [2.75, 3.05) is 152 Å². The van der Waals surface area contributed by atoms with Crippen LogP contribution in [0.3, 0.4) is 0 Å². The Bertz CT molecular complexity index is 3500. The van der Waals surface area contributed by atoms with Gasteiger partial charge in [-0.3, -0.25) is 53.2 Å². The molecule has 28 nitrogen and oxygen atoms in total. The zero-order valence-electron chi connectivity index (χ0n) is 59.4. The Balaban J connectivity index is 0.567. The molecule has 3 aromatic carbocycles. The summed E-state index contributed by atoms with van der Waals surface area (Å²) in [6, 6.07) is 12.9. The van der Waals surface area contributed by atoms with E-state index in [4.69, 9.17) is 66.8 Å². The lowest BCUT2D eigenvalue weighted by Crippen LogP contribution is -2.45. The highest BCUT2D eigenvalue weighted by Crippen LogP contribution is 2.45. The molecule has 1 saturated heterocycles. The van der Waals surface area contributed by atoms with Crippen LogP contribution in [0.15, 0.2) is 76.5 Å². The average molecular weight is 1420 g/mol. The molecule has 3 N–H and O–H groups in total. The highest BCUT2D eigenvalue weighted by atomic mass is 16.6. The van der Waals surface area contributed by atoms with Gasteiger partial charge in [-0.25, -0.2) is 0 Å². The number of carbonyl (C=O) groups excluding carboxylic acids is 8. The minimum absolute atomic E-state index is 0.0432. The lowest BCUT2D eigenvalue weighted by Gasteiger charge is -2.23. The van der Waals surface area contributed by atoms with Crippen LogP contribution in [0.25, 0.3) is 5.57 Å². The van der Waals surface area contributed by atoms with Crippen LogP contribution in [0.5, 0.6) is 23.0 Å². The summed E-state index contributed by atoms with van der Waals surface area (Å²) < 4.78 is 67.8. The number of aliphatic imine (C=N–C) groups is 2. The normalized spacial score (nSPS) is 18.1. The topological polar surface area (TPSA) is 318 Å². The average Bonchev–Trinajstić information content (AvgIpc) is 1.61. The Morgan fingerprint density at radius 3 is 1.56 bits per heavy atom. The van der Waals surface area contributed by atoms with Crippen molar-refractivity contribution in [2.24, 2.45) is 33.7 Å². The van der Waals surface area contributed by atoms with Crippen molar-refractivity contribution in [2.45, 2.75) is 104 Å². The maximum absolute atomic E-state index is 14.2. The van der Waals surface area contributed by atoms with Crippen LogP contribution in [-0.2, 0) is 66.7 Å². The van der Waals surface area contributed by atoms with Crippen molar-refractivity contribution in [1.29, 1.82) is 0 Å². The van der Waals surface area contributed by atoms with Gasteiger partial charge in [-0.1, -0.05) is 39.8 Å². The van der Waals surface area contributed by atoms with Crippen LogP contribution in [0.2, 0.25) is 0 Å². The van der Waals surface area contributed by atoms with Gasteiger partial charge in [-0.2, -0.15) is 0 Å². The number of imide groups is 1. The Kier molecular flexibility index (Phi) is 30.3. The molecule has 0 bridgehead atoms. The van der Waals surface area contributed by atoms with E-state index in [1.165, 1.54) is 25.5 Å². The smallest absolute Gasteiger partial charge is 0.260 e. The highest BCUT2D eigenvalue weighted by Gasteiger charge is 2.39. The minimum Gasteiger partial charge on any atom is -0.493 e. The number of benzene rings is 3. The first kappa shape index (κ1) is 77.7. The Labute approximate surface area is 595 Å². The molecule has 0 radical (unpaired) electrons. The zero-order chi connectivity index (χ0) is 72.3. The molecule has 6 aliphatic rings. The number of hydrogen-bond acceptors (Lipinski definition) is 22. The first-order chi connectivity index (χ1) is 49.5. The van der Waals surface area contributed by atoms with Gasteiger partial charge < -0.3 is 82.6 Å². The zero-order valence-corrected chi connectivity index (χ0v) is 59.4. The third-order valence-electron chi connectivity index (χ3n) is 17.8. The summed E-state index contributed by atoms with van der Waals surface area (Å²) in [4.78, 5) is 117. The molecule has 0 spiro atoms. The first-order valence-corrected chi connectivity index (χ1v) is 35.3. The van der Waals surface area contributed by atoms with E-state index in [-0.39, 0.29) is 130 Å². The Hall–Kier alpha value is -8.48. The molecule has 2 fully saturated rings. The summed E-state index contributed by atoms with van der Waals surface area (Å²) in [5, 5.41) is 8.45. The van der Waals surface area contributed by atoms with Gasteiger partial charge in [-0.15, -0.1) is 0 Å². The number of ketones is 1. The number of amides is 7. The molecule has 1 saturated carbocycles. The predicted molar refractivity (Wildman–Crippen MR) is 376 cm³/mol. The number of rotatable bonds is 47. The van der Waals surface area contributed by atoms with Crippen molar-refractivity contribution in [3.05, 3.63) is 83.2 Å². The Morgan fingerprint density at radius 2 is 1.07 bits per heavy atom. The first-order valence-electron chi connectivity index (χ1n) is 35.3. The Morgan fingerprint density at radius 1 is 0.569 bits per heavy atom. The fourth-order valence-electron chi connectivity index (χ4n) is 12.0. The molecule has 5 heterocycles. The molecule has 102 heavy (non-hydrogen) atoms. The molecule has 7 amide bonds. The summed E-state index contributed by atoms with van der Waals surface area (Å²) in [6.07, 6.45) is 11.8. The van der Waals surface area contributed by atoms with Crippen molar-refractivity contribution in [3.63, 3.8) is 0 Å². The predicted octanol–water partition coefficient (Wildman–Crippen LogP) is 6.85. The van der Waals surface area contributed by atoms with Crippen molar-refractivity contribution < 1.29 is 95.2 Å². The SMILES string of the molecule is COc1cc2c(cc1OCCCOc1cc3c(cc1OC)C(=O)N1C=C(C4CC4)C[C@H]1C=N3)N=C[C@@H]1CC(c3ccc(NC(=O)[C@H](C)CC(=O)C(NC(=O)CCOCCOCCOCCOCCOCCOCCOCCOCCNC(=O)CCN4C(=O)CC(C)C4=O)C(C)C)cc3)=CN1C2=O. The maximum Gasteiger partial charge on any atom is 0.260 e. The van der Waals surface area contributed by atoms with Crippen LogP contribution in [0, 0.1) is 23.7 Å². The standard InChI is InChI=1S/C74H98N8O20/c1-48(2)70(79-68(85)15-20-93-22-24-95-26-28-97-30-32-99-34-35-100-33-31-98-29-27-96-25-23-94-21-16-75-67(84)14-17-80-69(86)37-50(4)72(80)88)62(83)36-49(3)71(87)78-55-12-10-52(11-13-55)54-39-57-45-77-61-43-66(64(92-6)41-59(61)74(90)82(57)47-54)102-19-7-18-101-65-42-60-58(40-63(65)91-5)73(89)81-46-53(51-8-9-51)38-56(81)44-76-60/h10-13,40-51,56-57,70H,7-9,14-39H2,1-6H3,(H,75,84)(H,78,87)(H,79,85)/t49-,50?,56+,57+,70?/m1/s1. The van der Waals surface area contributed by atoms with Gasteiger partial charge in [0.05, 0.1) is 174 Å². The quantitative estimate of drug-likeness (QED) is 0.0384. The van der Waals surface area contributed by atoms with Gasteiger partial charge >= 0.3 is 0 Å². The molecular weight excluding hydrogens is 1320 g/mol. The van der Waals surface area contributed by atoms with E-state index >= 15 is 0 Å². The minimum atomic E-state index is -0.787. The van der Waals surface area contributed by atoms with E-state index in [0.29, 0.717) is 169 Å². The largest absolute Gasteiger partial charge is 0.493 e. The van der Waals surface area contributed by atoms with E-state index in [1.807, 2.05) is 44.6 Å². The van der Waals surface area contributed by atoms with E-state index in [2.05, 4.69) is 16.0 Å². The van der Waals surface area contributed by atoms with Crippen LogP contribution in [0.4, 0.5) is 17.1 Å². The molecule has 1 aliphatic carbocycles. The van der Waals surface area contributed by atoms with E-state index in [0.717, 1.165) is 22.5 Å². The lowest BCUT2D eigenvalue weighted by molar-refractivity contribution is -0.139. The van der Waals surface area contributed by atoms with Crippen LogP contribution in [-0.4, -0.2) is 239 Å². The van der Waals surface area contributed by atoms with Gasteiger partial charge in [0.2, 0.25) is 29.5 Å². The lowest BCUT2D eigenvalue weighted by atomic mass is 9.92. The van der Waals surface area contributed by atoms with Gasteiger partial charge in [0.1, 0.15) is 0 Å². The third-order valence-corrected chi connectivity index (χ3v) is 17.8. The molecule has 2 unspecified atom stereocenters. The number of hydrogen-bond donors (Lipinski definition) is 3. The number of ether oxygens (including phenoxy) is 12. The van der Waals surface area contributed by atoms with Crippen molar-refractivity contribution >= 4 is 82.2 Å². The summed E-state index contributed by atoms with van der Waals surface area (Å²) >= 11 is 0. The number of Topliss-reactive ketones (excluding diaryl/α,β-unsaturated/α-hetero) is 1. The molecule has 5 aliphatic heterocycles. The molecular formula is C74H98N8O20. The second kappa shape index (κ2) is 39.8. The molecule has 3 aromatic rings. The number of nitrogens with one attached hydrogen (secondary N) is 3. The monoisotopic (exact) mass is 1420 g/mol. The van der Waals surface area contributed by atoms with Gasteiger partial charge in [-0.05, 0) is 72.1 Å². The molecule has 554 valence electrons. The van der Waals surface area contributed by atoms with Crippen LogP contribution in [0.1, 0.15) is 112 Å². The van der Waals surface area contributed by atoms with E-state index in [9.17, 15) is 38.4 Å². The third kappa shape index (κ3) is 22.8. The van der Waals surface area contributed by atoms with Crippen molar-refractivity contribution in [3.8, 4) is 23.0 Å². The summed E-state index contributed by atoms with van der Waals surface area (Å²) in [5.74, 6) is -0.949. The fraction of sp³-hybridized carbons (Fsp3) is 0.568. The number of carbonyl (C=O) groups is 8. The van der Waals surface area contributed by atoms with Gasteiger partial charge in [0.15, 0.2) is 28.8 Å². The molecule has 5 atom stereocenters. The summed E-state index contributed by atoms with van der Waals surface area (Å²) in [6.45, 7) is 13.8. The molecule has 0 aromatic heterocycles. The number of nitrogens with zero attached hydrogens (tertiary/aromatic N) is 5. The number of anilines is 1. The maximum atomic E-state index is 14.2. The van der Waals surface area contributed by atoms with Crippen molar-refractivity contribution in [1.82, 2.24) is 25.3 Å². The number of fused-ring (bicyclic) bond motifs is 4. The van der Waals surface area contributed by atoms with E-state index < -0.39 is 12.0 Å². The summed E-state index contributed by atoms with van der Waals surface area (Å²) in [5.41, 5.74) is 5.42. The number of methoxy groups -OCH3 is 2. The van der Waals surface area contributed by atoms with E-state index in [1.54, 1.807) is 73.4 Å². The van der Waals surface area contributed by atoms with Crippen LogP contribution >= 0.6 is 0 Å². The summed E-state index contributed by atoms with van der Waals surface area (Å²) in [7, 11) is 3.05. The number of likely N-dealkylation sites (tertiary alicyclic amines) is 1. The second-order valence-corrected chi connectivity index (χ2v) is 25.9. The molecule has 28 heteroatoms. The highest BCUT2D eigenvalue weighted by molar-refractivity contribution is 6.07.